The summed E-state index contributed by atoms with van der Waals surface area (Å²) in [6.45, 7) is 2.53. The quantitative estimate of drug-likeness (QED) is 0.849. The fraction of sp³-hybridized carbons (Fsp3) is 0.611. The van der Waals surface area contributed by atoms with E-state index in [1.54, 1.807) is 12.4 Å². The minimum atomic E-state index is 0.00334. The Hall–Kier alpha value is -1.95. The number of carbonyl (C=O) groups is 2. The highest BCUT2D eigenvalue weighted by Gasteiger charge is 2.29. The molecule has 6 nitrogen and oxygen atoms in total. The molecule has 3 heterocycles. The number of hydrogen-bond acceptors (Lipinski definition) is 4. The zero-order valence-corrected chi connectivity index (χ0v) is 13.9. The number of nitrogens with zero attached hydrogens (tertiary/aromatic N) is 2. The van der Waals surface area contributed by atoms with Crippen molar-refractivity contribution in [2.45, 2.75) is 38.1 Å². The van der Waals surface area contributed by atoms with E-state index in [0.29, 0.717) is 32.6 Å². The minimum absolute atomic E-state index is 0.00334. The Bertz CT molecular complexity index is 564. The van der Waals surface area contributed by atoms with Crippen molar-refractivity contribution in [1.29, 1.82) is 0 Å². The molecule has 0 aromatic carbocycles. The van der Waals surface area contributed by atoms with E-state index in [1.165, 1.54) is 5.56 Å². The number of aromatic nitrogens is 1. The zero-order chi connectivity index (χ0) is 16.8. The van der Waals surface area contributed by atoms with Crippen molar-refractivity contribution < 1.29 is 14.3 Å². The van der Waals surface area contributed by atoms with E-state index < -0.39 is 0 Å². The molecule has 24 heavy (non-hydrogen) atoms. The van der Waals surface area contributed by atoms with Crippen LogP contribution in [0.15, 0.2) is 24.5 Å². The van der Waals surface area contributed by atoms with Crippen molar-refractivity contribution in [3.05, 3.63) is 30.1 Å². The van der Waals surface area contributed by atoms with Crippen LogP contribution in [0.3, 0.4) is 0 Å². The minimum Gasteiger partial charge on any atom is -0.379 e. The number of ether oxygens (including phenoxy) is 1. The van der Waals surface area contributed by atoms with Gasteiger partial charge < -0.3 is 15.0 Å². The molecule has 1 aromatic rings. The van der Waals surface area contributed by atoms with Crippen LogP contribution < -0.4 is 5.32 Å². The number of amides is 2. The van der Waals surface area contributed by atoms with Gasteiger partial charge in [-0.2, -0.15) is 0 Å². The largest absolute Gasteiger partial charge is 0.379 e. The maximum atomic E-state index is 12.2. The molecular formula is C18H25N3O3. The summed E-state index contributed by atoms with van der Waals surface area (Å²) < 4.78 is 5.56. The van der Waals surface area contributed by atoms with Crippen molar-refractivity contribution >= 4 is 11.8 Å². The molecule has 2 amide bonds. The number of likely N-dealkylation sites (tertiary alicyclic amines) is 1. The second-order valence-electron chi connectivity index (χ2n) is 6.62. The Morgan fingerprint density at radius 2 is 2.12 bits per heavy atom. The molecule has 2 aliphatic heterocycles. The summed E-state index contributed by atoms with van der Waals surface area (Å²) in [5.41, 5.74) is 1.21. The molecule has 0 spiro atoms. The van der Waals surface area contributed by atoms with Gasteiger partial charge in [-0.05, 0) is 37.0 Å². The van der Waals surface area contributed by atoms with Crippen molar-refractivity contribution in [1.82, 2.24) is 15.2 Å². The van der Waals surface area contributed by atoms with Crippen LogP contribution in [0.25, 0.3) is 0 Å². The van der Waals surface area contributed by atoms with Gasteiger partial charge in [0, 0.05) is 44.2 Å². The van der Waals surface area contributed by atoms with Gasteiger partial charge in [0.2, 0.25) is 11.8 Å². The predicted molar refractivity (Wildman–Crippen MR) is 89.2 cm³/mol. The van der Waals surface area contributed by atoms with Crippen molar-refractivity contribution in [2.75, 3.05) is 26.3 Å². The van der Waals surface area contributed by atoms with Crippen LogP contribution in [-0.2, 0) is 20.7 Å². The number of hydrogen-bond donors (Lipinski definition) is 1. The molecular weight excluding hydrogens is 306 g/mol. The van der Waals surface area contributed by atoms with E-state index in [2.05, 4.69) is 10.3 Å². The molecule has 3 rings (SSSR count). The predicted octanol–water partition coefficient (Wildman–Crippen LogP) is 1.16. The Labute approximate surface area is 142 Å². The highest BCUT2D eigenvalue weighted by Crippen LogP contribution is 2.19. The van der Waals surface area contributed by atoms with Crippen LogP contribution in [0.4, 0.5) is 0 Å². The van der Waals surface area contributed by atoms with E-state index in [4.69, 9.17) is 4.74 Å². The summed E-state index contributed by atoms with van der Waals surface area (Å²) in [5.74, 6) is 0.463. The normalized spacial score (nSPS) is 24.2. The lowest BCUT2D eigenvalue weighted by Crippen LogP contribution is -2.43. The standard InChI is InChI=1S/C18H25N3O3/c22-17(6-10-21-9-2-1-3-18(21)23)20-16-13-24-12-15(16)11-14-4-7-19-8-5-14/h4-5,7-8,15-16H,1-3,6,9-13H2,(H,20,22). The fourth-order valence-electron chi connectivity index (χ4n) is 3.39. The molecule has 2 unspecified atom stereocenters. The molecule has 6 heteroatoms. The molecule has 1 N–H and O–H groups in total. The number of pyridine rings is 1. The van der Waals surface area contributed by atoms with Gasteiger partial charge in [-0.1, -0.05) is 0 Å². The van der Waals surface area contributed by atoms with Gasteiger partial charge in [-0.25, -0.2) is 0 Å². The molecule has 130 valence electrons. The first-order valence-corrected chi connectivity index (χ1v) is 8.76. The van der Waals surface area contributed by atoms with Gasteiger partial charge in [-0.15, -0.1) is 0 Å². The highest BCUT2D eigenvalue weighted by molar-refractivity contribution is 5.79. The van der Waals surface area contributed by atoms with Gasteiger partial charge in [0.15, 0.2) is 0 Å². The van der Waals surface area contributed by atoms with Crippen LogP contribution >= 0.6 is 0 Å². The number of piperidine rings is 1. The number of nitrogens with one attached hydrogen (secondary N) is 1. The summed E-state index contributed by atoms with van der Waals surface area (Å²) in [6, 6.07) is 4.04. The Morgan fingerprint density at radius 1 is 1.29 bits per heavy atom. The van der Waals surface area contributed by atoms with E-state index >= 15 is 0 Å². The van der Waals surface area contributed by atoms with Crippen LogP contribution in [0.5, 0.6) is 0 Å². The second-order valence-corrected chi connectivity index (χ2v) is 6.62. The lowest BCUT2D eigenvalue weighted by Gasteiger charge is -2.27. The molecule has 0 radical (unpaired) electrons. The lowest BCUT2D eigenvalue weighted by atomic mass is 9.95. The molecule has 2 atom stereocenters. The monoisotopic (exact) mass is 331 g/mol. The maximum Gasteiger partial charge on any atom is 0.222 e. The number of rotatable bonds is 6. The van der Waals surface area contributed by atoms with Crippen molar-refractivity contribution in [3.63, 3.8) is 0 Å². The topological polar surface area (TPSA) is 71.5 Å². The van der Waals surface area contributed by atoms with Gasteiger partial charge in [-0.3, -0.25) is 14.6 Å². The first-order chi connectivity index (χ1) is 11.7. The average Bonchev–Trinajstić information content (AvgIpc) is 3.02. The summed E-state index contributed by atoms with van der Waals surface area (Å²) in [7, 11) is 0. The van der Waals surface area contributed by atoms with Crippen LogP contribution in [0.2, 0.25) is 0 Å². The molecule has 2 saturated heterocycles. The molecule has 0 saturated carbocycles. The van der Waals surface area contributed by atoms with Crippen molar-refractivity contribution in [2.24, 2.45) is 5.92 Å². The summed E-state index contributed by atoms with van der Waals surface area (Å²) in [4.78, 5) is 29.8. The number of carbonyl (C=O) groups excluding carboxylic acids is 2. The maximum absolute atomic E-state index is 12.2. The molecule has 2 aliphatic rings. The third-order valence-electron chi connectivity index (χ3n) is 4.82. The average molecular weight is 331 g/mol. The Kier molecular flexibility index (Phi) is 5.80. The van der Waals surface area contributed by atoms with E-state index in [0.717, 1.165) is 25.8 Å². The SMILES string of the molecule is O=C(CCN1CCCCC1=O)NC1COCC1Cc1ccncc1. The molecule has 0 aliphatic carbocycles. The smallest absolute Gasteiger partial charge is 0.222 e. The third-order valence-corrected chi connectivity index (χ3v) is 4.82. The first-order valence-electron chi connectivity index (χ1n) is 8.76. The van der Waals surface area contributed by atoms with Gasteiger partial charge >= 0.3 is 0 Å². The van der Waals surface area contributed by atoms with Crippen LogP contribution in [-0.4, -0.2) is 54.0 Å². The Morgan fingerprint density at radius 3 is 2.92 bits per heavy atom. The summed E-state index contributed by atoms with van der Waals surface area (Å²) >= 11 is 0. The van der Waals surface area contributed by atoms with E-state index in [9.17, 15) is 9.59 Å². The third kappa shape index (κ3) is 4.54. The van der Waals surface area contributed by atoms with Gasteiger partial charge in [0.05, 0.1) is 19.3 Å². The van der Waals surface area contributed by atoms with Gasteiger partial charge in [0.1, 0.15) is 0 Å². The lowest BCUT2D eigenvalue weighted by molar-refractivity contribution is -0.133. The van der Waals surface area contributed by atoms with Crippen molar-refractivity contribution in [3.8, 4) is 0 Å². The first kappa shape index (κ1) is 16.9. The molecule has 1 aromatic heterocycles. The van der Waals surface area contributed by atoms with Crippen LogP contribution in [0.1, 0.15) is 31.2 Å². The Balaban J connectivity index is 1.45. The fourth-order valence-corrected chi connectivity index (χ4v) is 3.39. The summed E-state index contributed by atoms with van der Waals surface area (Å²) in [6.07, 6.45) is 7.44. The zero-order valence-electron chi connectivity index (χ0n) is 13.9. The van der Waals surface area contributed by atoms with Crippen LogP contribution in [0, 0.1) is 5.92 Å². The van der Waals surface area contributed by atoms with E-state index in [-0.39, 0.29) is 23.8 Å². The molecule has 2 fully saturated rings. The second kappa shape index (κ2) is 8.24. The molecule has 0 bridgehead atoms. The highest BCUT2D eigenvalue weighted by atomic mass is 16.5. The van der Waals surface area contributed by atoms with Gasteiger partial charge in [0.25, 0.3) is 0 Å². The van der Waals surface area contributed by atoms with E-state index in [1.807, 2.05) is 17.0 Å². The summed E-state index contributed by atoms with van der Waals surface area (Å²) in [5, 5.41) is 3.09.